The number of piperazine rings is 1. The number of nitrogens with one attached hydrogen (secondary N) is 1. The lowest BCUT2D eigenvalue weighted by molar-refractivity contribution is -0.123. The van der Waals surface area contributed by atoms with E-state index in [4.69, 9.17) is 5.11 Å². The first-order valence-electron chi connectivity index (χ1n) is 8.80. The first-order chi connectivity index (χ1) is 11.7. The average Bonchev–Trinajstić information content (AvgIpc) is 3.05. The van der Waals surface area contributed by atoms with E-state index in [1.807, 2.05) is 18.2 Å². The van der Waals surface area contributed by atoms with Gasteiger partial charge in [0.2, 0.25) is 5.91 Å². The smallest absolute Gasteiger partial charge is 0.234 e. The molecule has 130 valence electrons. The number of amides is 1. The fourth-order valence-corrected chi connectivity index (χ4v) is 3.42. The molecule has 5 heteroatoms. The number of nitrogens with zero attached hydrogens (tertiary/aromatic N) is 2. The highest BCUT2D eigenvalue weighted by Gasteiger charge is 2.22. The van der Waals surface area contributed by atoms with Gasteiger partial charge in [-0.3, -0.25) is 14.6 Å². The fourth-order valence-electron chi connectivity index (χ4n) is 3.42. The molecule has 0 spiro atoms. The van der Waals surface area contributed by atoms with E-state index in [1.54, 1.807) is 0 Å². The van der Waals surface area contributed by atoms with Crippen LogP contribution in [-0.2, 0) is 11.3 Å². The summed E-state index contributed by atoms with van der Waals surface area (Å²) < 4.78 is 0. The summed E-state index contributed by atoms with van der Waals surface area (Å²) in [6.07, 6.45) is 4.80. The Morgan fingerprint density at radius 2 is 1.79 bits per heavy atom. The molecule has 3 rings (SSSR count). The molecule has 0 radical (unpaired) electrons. The molecule has 0 bridgehead atoms. The SMILES string of the molecule is O=C(CN1CCN(Cc2ccccc2)CC1)N[C@@H]1C=C[C@H](CO)C1. The Hall–Kier alpha value is -1.69. The van der Waals surface area contributed by atoms with Gasteiger partial charge in [0, 0.05) is 51.3 Å². The van der Waals surface area contributed by atoms with Crippen LogP contribution < -0.4 is 5.32 Å². The van der Waals surface area contributed by atoms with E-state index in [1.165, 1.54) is 5.56 Å². The van der Waals surface area contributed by atoms with Crippen molar-refractivity contribution in [3.8, 4) is 0 Å². The van der Waals surface area contributed by atoms with Crippen LogP contribution in [0.25, 0.3) is 0 Å². The lowest BCUT2D eigenvalue weighted by Gasteiger charge is -2.34. The summed E-state index contributed by atoms with van der Waals surface area (Å²) in [4.78, 5) is 16.8. The van der Waals surface area contributed by atoms with E-state index in [-0.39, 0.29) is 24.5 Å². The average molecular weight is 329 g/mol. The maximum absolute atomic E-state index is 12.2. The highest BCUT2D eigenvalue weighted by atomic mass is 16.3. The molecule has 1 aliphatic heterocycles. The zero-order valence-electron chi connectivity index (χ0n) is 14.1. The second-order valence-corrected chi connectivity index (χ2v) is 6.78. The highest BCUT2D eigenvalue weighted by molar-refractivity contribution is 5.78. The van der Waals surface area contributed by atoms with Crippen LogP contribution in [0.3, 0.4) is 0 Å². The first kappa shape index (κ1) is 17.1. The zero-order chi connectivity index (χ0) is 16.8. The van der Waals surface area contributed by atoms with Gasteiger partial charge in [-0.25, -0.2) is 0 Å². The topological polar surface area (TPSA) is 55.8 Å². The molecule has 2 atom stereocenters. The minimum atomic E-state index is 0.0778. The van der Waals surface area contributed by atoms with Crippen LogP contribution in [0.1, 0.15) is 12.0 Å². The van der Waals surface area contributed by atoms with Gasteiger partial charge in [0.15, 0.2) is 0 Å². The van der Waals surface area contributed by atoms with Crippen molar-refractivity contribution < 1.29 is 9.90 Å². The van der Waals surface area contributed by atoms with E-state index in [0.717, 1.165) is 39.1 Å². The number of rotatable bonds is 6. The molecule has 2 aliphatic rings. The number of carbonyl (C=O) groups excluding carboxylic acids is 1. The van der Waals surface area contributed by atoms with Gasteiger partial charge in [-0.1, -0.05) is 42.5 Å². The highest BCUT2D eigenvalue weighted by Crippen LogP contribution is 2.17. The molecule has 1 aliphatic carbocycles. The number of hydrogen-bond acceptors (Lipinski definition) is 4. The van der Waals surface area contributed by atoms with E-state index >= 15 is 0 Å². The predicted molar refractivity (Wildman–Crippen MR) is 94.4 cm³/mol. The van der Waals surface area contributed by atoms with Gasteiger partial charge >= 0.3 is 0 Å². The molecular formula is C19H27N3O2. The Balaban J connectivity index is 1.36. The predicted octanol–water partition coefficient (Wildman–Crippen LogP) is 0.857. The molecule has 0 aromatic heterocycles. The van der Waals surface area contributed by atoms with Crippen molar-refractivity contribution in [3.05, 3.63) is 48.0 Å². The summed E-state index contributed by atoms with van der Waals surface area (Å²) in [5, 5.41) is 12.2. The zero-order valence-corrected chi connectivity index (χ0v) is 14.1. The van der Waals surface area contributed by atoms with Crippen LogP contribution >= 0.6 is 0 Å². The lowest BCUT2D eigenvalue weighted by Crippen LogP contribution is -2.50. The Kier molecular flexibility index (Phi) is 6.01. The summed E-state index contributed by atoms with van der Waals surface area (Å²) >= 11 is 0. The van der Waals surface area contributed by atoms with Gasteiger partial charge in [0.25, 0.3) is 0 Å². The van der Waals surface area contributed by atoms with Crippen LogP contribution in [-0.4, -0.2) is 66.2 Å². The third kappa shape index (κ3) is 4.90. The van der Waals surface area contributed by atoms with Crippen LogP contribution in [0.15, 0.2) is 42.5 Å². The molecule has 1 amide bonds. The minimum Gasteiger partial charge on any atom is -0.396 e. The van der Waals surface area contributed by atoms with Gasteiger partial charge in [-0.2, -0.15) is 0 Å². The molecule has 1 saturated heterocycles. The van der Waals surface area contributed by atoms with E-state index < -0.39 is 0 Å². The summed E-state index contributed by atoms with van der Waals surface area (Å²) in [5.41, 5.74) is 1.34. The van der Waals surface area contributed by atoms with Crippen molar-refractivity contribution in [2.24, 2.45) is 5.92 Å². The Labute approximate surface area is 143 Å². The molecular weight excluding hydrogens is 302 g/mol. The Morgan fingerprint density at radius 3 is 2.46 bits per heavy atom. The monoisotopic (exact) mass is 329 g/mol. The van der Waals surface area contributed by atoms with Crippen LogP contribution in [0.2, 0.25) is 0 Å². The number of benzene rings is 1. The Bertz CT molecular complexity index is 553. The molecule has 1 aromatic carbocycles. The summed E-state index contributed by atoms with van der Waals surface area (Å²) in [7, 11) is 0. The molecule has 0 saturated carbocycles. The molecule has 0 unspecified atom stereocenters. The molecule has 24 heavy (non-hydrogen) atoms. The van der Waals surface area contributed by atoms with E-state index in [9.17, 15) is 4.79 Å². The van der Waals surface area contributed by atoms with Crippen molar-refractivity contribution in [2.45, 2.75) is 19.0 Å². The maximum atomic E-state index is 12.2. The minimum absolute atomic E-state index is 0.0778. The van der Waals surface area contributed by atoms with Crippen LogP contribution in [0, 0.1) is 5.92 Å². The molecule has 2 N–H and O–H groups in total. The van der Waals surface area contributed by atoms with Gasteiger partial charge in [0.05, 0.1) is 6.54 Å². The van der Waals surface area contributed by atoms with E-state index in [0.29, 0.717) is 6.54 Å². The van der Waals surface area contributed by atoms with E-state index in [2.05, 4.69) is 39.4 Å². The van der Waals surface area contributed by atoms with Crippen molar-refractivity contribution in [1.29, 1.82) is 0 Å². The number of aliphatic hydroxyl groups is 1. The second kappa shape index (κ2) is 8.42. The molecule has 1 heterocycles. The number of carbonyl (C=O) groups is 1. The van der Waals surface area contributed by atoms with Gasteiger partial charge in [-0.15, -0.1) is 0 Å². The summed E-state index contributed by atoms with van der Waals surface area (Å²) in [6, 6.07) is 10.6. The van der Waals surface area contributed by atoms with Crippen molar-refractivity contribution in [2.75, 3.05) is 39.3 Å². The van der Waals surface area contributed by atoms with Gasteiger partial charge in [0.1, 0.15) is 0 Å². The van der Waals surface area contributed by atoms with Crippen LogP contribution in [0.4, 0.5) is 0 Å². The number of aliphatic hydroxyl groups excluding tert-OH is 1. The molecule has 1 fully saturated rings. The number of hydrogen-bond donors (Lipinski definition) is 2. The third-order valence-electron chi connectivity index (χ3n) is 4.83. The fraction of sp³-hybridized carbons (Fsp3) is 0.526. The van der Waals surface area contributed by atoms with Crippen LogP contribution in [0.5, 0.6) is 0 Å². The largest absolute Gasteiger partial charge is 0.396 e. The summed E-state index contributed by atoms with van der Waals surface area (Å²) in [5.74, 6) is 0.275. The third-order valence-corrected chi connectivity index (χ3v) is 4.83. The standard InChI is InChI=1S/C19H27N3O2/c23-15-17-6-7-18(12-17)20-19(24)14-22-10-8-21(9-11-22)13-16-4-2-1-3-5-16/h1-7,17-18,23H,8-15H2,(H,20,24)/t17-,18+/m0/s1. The molecule has 5 nitrogen and oxygen atoms in total. The first-order valence-corrected chi connectivity index (χ1v) is 8.80. The van der Waals surface area contributed by atoms with Gasteiger partial charge in [-0.05, 0) is 12.0 Å². The summed E-state index contributed by atoms with van der Waals surface area (Å²) in [6.45, 7) is 5.46. The van der Waals surface area contributed by atoms with Crippen molar-refractivity contribution >= 4 is 5.91 Å². The maximum Gasteiger partial charge on any atom is 0.234 e. The van der Waals surface area contributed by atoms with Crippen molar-refractivity contribution in [1.82, 2.24) is 15.1 Å². The second-order valence-electron chi connectivity index (χ2n) is 6.78. The van der Waals surface area contributed by atoms with Gasteiger partial charge < -0.3 is 10.4 Å². The quantitative estimate of drug-likeness (QED) is 0.760. The van der Waals surface area contributed by atoms with Crippen molar-refractivity contribution in [3.63, 3.8) is 0 Å². The lowest BCUT2D eigenvalue weighted by atomic mass is 10.1. The Morgan fingerprint density at radius 1 is 1.08 bits per heavy atom. The molecule has 1 aromatic rings. The normalized spacial score (nSPS) is 25.0.